The summed E-state index contributed by atoms with van der Waals surface area (Å²) in [6.07, 6.45) is 1.77. The molecule has 6 nitrogen and oxygen atoms in total. The van der Waals surface area contributed by atoms with E-state index in [0.29, 0.717) is 5.89 Å². The largest absolute Gasteiger partial charge is 0.501 e. The first-order valence-electron chi connectivity index (χ1n) is 22.8. The van der Waals surface area contributed by atoms with Crippen LogP contribution in [0.1, 0.15) is 50.7 Å². The van der Waals surface area contributed by atoms with Crippen molar-refractivity contribution in [1.82, 2.24) is 19.5 Å². The number of furan rings is 1. The van der Waals surface area contributed by atoms with Crippen LogP contribution in [0.25, 0.3) is 106 Å². The zero-order chi connectivity index (χ0) is 45.4. The van der Waals surface area contributed by atoms with E-state index in [2.05, 4.69) is 170 Å². The second kappa shape index (κ2) is 18.9. The van der Waals surface area contributed by atoms with E-state index in [-0.39, 0.29) is 31.9 Å². The minimum Gasteiger partial charge on any atom is -0.501 e. The Hall–Kier alpha value is -7.70. The molecule has 0 amide bonds. The van der Waals surface area contributed by atoms with Gasteiger partial charge in [0, 0.05) is 37.4 Å². The van der Waals surface area contributed by atoms with E-state index in [1.54, 1.807) is 6.20 Å². The summed E-state index contributed by atoms with van der Waals surface area (Å²) in [5.74, 6) is 2.02. The van der Waals surface area contributed by atoms with Crippen LogP contribution in [0.4, 0.5) is 0 Å². The van der Waals surface area contributed by atoms with Crippen molar-refractivity contribution in [3.63, 3.8) is 0 Å². The third-order valence-electron chi connectivity index (χ3n) is 12.4. The van der Waals surface area contributed by atoms with Gasteiger partial charge < -0.3 is 18.4 Å². The van der Waals surface area contributed by atoms with E-state index >= 15 is 0 Å². The van der Waals surface area contributed by atoms with Crippen molar-refractivity contribution in [2.45, 2.75) is 39.5 Å². The molecule has 4 aromatic heterocycles. The standard InChI is InChI=1S/C43H35N2O.C18H11N2O.Ir/c1-27(2)36-24-32(30-16-9-6-10-17-30)25-37(28(3)4)41(36)45-39-21-12-11-20-38(39)44-43(45)35-19-13-18-34-33-23-22-31(26-40(33)46-42(34)35)29-14-7-5-8-15-29;1-2-10-17-16(9-1)20-18(21-17)14-7-5-6-13(12-14)15-8-3-4-11-19-15;/h5-18,20-28H,1-4H3;1-5,7-12H;/q2*-1;. The van der Waals surface area contributed by atoms with Gasteiger partial charge in [0.25, 0.3) is 0 Å². The van der Waals surface area contributed by atoms with Crippen LogP contribution in [0.3, 0.4) is 0 Å². The van der Waals surface area contributed by atoms with E-state index < -0.39 is 0 Å². The van der Waals surface area contributed by atoms with Crippen LogP contribution in [0.15, 0.2) is 203 Å². The summed E-state index contributed by atoms with van der Waals surface area (Å²) < 4.78 is 14.9. The van der Waals surface area contributed by atoms with Crippen molar-refractivity contribution in [3.05, 3.63) is 218 Å². The molecule has 68 heavy (non-hydrogen) atoms. The molecule has 1 radical (unpaired) electrons. The van der Waals surface area contributed by atoms with Gasteiger partial charge in [-0.2, -0.15) is 0 Å². The first-order valence-corrected chi connectivity index (χ1v) is 22.8. The van der Waals surface area contributed by atoms with Gasteiger partial charge >= 0.3 is 0 Å². The minimum atomic E-state index is 0. The Labute approximate surface area is 409 Å². The maximum atomic E-state index is 6.73. The number of fused-ring (bicyclic) bond motifs is 5. The van der Waals surface area contributed by atoms with Crippen molar-refractivity contribution in [3.8, 4) is 62.0 Å². The van der Waals surface area contributed by atoms with Crippen LogP contribution in [0.5, 0.6) is 0 Å². The molecule has 0 saturated carbocycles. The third kappa shape index (κ3) is 8.36. The quantitative estimate of drug-likeness (QED) is 0.142. The first-order chi connectivity index (χ1) is 32.9. The molecule has 0 fully saturated rings. The average Bonchev–Trinajstić information content (AvgIpc) is 4.11. The van der Waals surface area contributed by atoms with Gasteiger partial charge in [0.2, 0.25) is 5.89 Å². The van der Waals surface area contributed by atoms with Crippen LogP contribution in [-0.4, -0.2) is 19.5 Å². The fourth-order valence-electron chi connectivity index (χ4n) is 9.02. The zero-order valence-electron chi connectivity index (χ0n) is 38.1. The molecule has 12 aromatic rings. The fraction of sp³-hybridized carbons (Fsp3) is 0.0984. The number of nitrogens with zero attached hydrogens (tertiary/aromatic N) is 4. The van der Waals surface area contributed by atoms with E-state index in [1.807, 2.05) is 72.8 Å². The average molecular weight is 1060 g/mol. The number of hydrogen-bond acceptors (Lipinski definition) is 5. The Kier molecular flexibility index (Phi) is 12.3. The van der Waals surface area contributed by atoms with Gasteiger partial charge in [-0.05, 0) is 105 Å². The summed E-state index contributed by atoms with van der Waals surface area (Å²) in [5.41, 5.74) is 17.5. The smallest absolute Gasteiger partial charge is 0.208 e. The van der Waals surface area contributed by atoms with Crippen LogP contribution in [-0.2, 0) is 20.1 Å². The molecule has 8 aromatic carbocycles. The molecule has 4 heterocycles. The maximum absolute atomic E-state index is 6.73. The number of pyridine rings is 1. The van der Waals surface area contributed by atoms with E-state index in [9.17, 15) is 0 Å². The summed E-state index contributed by atoms with van der Waals surface area (Å²) in [6.45, 7) is 9.14. The number of hydrogen-bond donors (Lipinski definition) is 0. The van der Waals surface area contributed by atoms with Crippen molar-refractivity contribution >= 4 is 44.1 Å². The number of benzene rings is 8. The van der Waals surface area contributed by atoms with Gasteiger partial charge in [-0.15, -0.1) is 48.0 Å². The van der Waals surface area contributed by atoms with Gasteiger partial charge in [-0.3, -0.25) is 4.98 Å². The molecule has 0 unspecified atom stereocenters. The first kappa shape index (κ1) is 44.2. The summed E-state index contributed by atoms with van der Waals surface area (Å²) in [5, 5.41) is 2.15. The number of imidazole rings is 1. The van der Waals surface area contributed by atoms with Crippen LogP contribution >= 0.6 is 0 Å². The summed E-state index contributed by atoms with van der Waals surface area (Å²) in [7, 11) is 0. The van der Waals surface area contributed by atoms with Gasteiger partial charge in [-0.1, -0.05) is 148 Å². The Morgan fingerprint density at radius 1 is 0.500 bits per heavy atom. The van der Waals surface area contributed by atoms with Crippen molar-refractivity contribution in [2.24, 2.45) is 0 Å². The van der Waals surface area contributed by atoms with Crippen molar-refractivity contribution in [2.75, 3.05) is 0 Å². The molecular weight excluding hydrogens is 1010 g/mol. The van der Waals surface area contributed by atoms with Gasteiger partial charge in [-0.25, -0.2) is 4.98 Å². The molecule has 0 atom stereocenters. The van der Waals surface area contributed by atoms with Gasteiger partial charge in [0.15, 0.2) is 5.58 Å². The molecule has 0 bridgehead atoms. The summed E-state index contributed by atoms with van der Waals surface area (Å²) >= 11 is 0. The van der Waals surface area contributed by atoms with E-state index in [0.717, 1.165) is 77.8 Å². The molecular formula is C61H46IrN4O2-2. The van der Waals surface area contributed by atoms with Crippen LogP contribution < -0.4 is 0 Å². The molecule has 0 aliphatic carbocycles. The van der Waals surface area contributed by atoms with Crippen LogP contribution in [0, 0.1) is 12.1 Å². The Morgan fingerprint density at radius 2 is 1.16 bits per heavy atom. The predicted molar refractivity (Wildman–Crippen MR) is 273 cm³/mol. The van der Waals surface area contributed by atoms with Gasteiger partial charge in [0.05, 0.1) is 22.4 Å². The maximum Gasteiger partial charge on any atom is 0.208 e. The molecule has 7 heteroatoms. The van der Waals surface area contributed by atoms with Crippen LogP contribution in [0.2, 0.25) is 0 Å². The van der Waals surface area contributed by atoms with Crippen molar-refractivity contribution in [1.29, 1.82) is 0 Å². The van der Waals surface area contributed by atoms with Crippen molar-refractivity contribution < 1.29 is 28.9 Å². The van der Waals surface area contributed by atoms with E-state index in [1.165, 1.54) is 33.5 Å². The molecule has 0 N–H and O–H groups in total. The number of oxazole rings is 1. The fourth-order valence-corrected chi connectivity index (χ4v) is 9.02. The molecule has 333 valence electrons. The Balaban J connectivity index is 0.000000204. The molecule has 12 rings (SSSR count). The predicted octanol–water partition coefficient (Wildman–Crippen LogP) is 16.3. The second-order valence-electron chi connectivity index (χ2n) is 17.4. The summed E-state index contributed by atoms with van der Waals surface area (Å²) in [4.78, 5) is 14.2. The topological polar surface area (TPSA) is 69.9 Å². The summed E-state index contributed by atoms with van der Waals surface area (Å²) in [6, 6.07) is 71.1. The van der Waals surface area contributed by atoms with Gasteiger partial charge in [0.1, 0.15) is 11.1 Å². The third-order valence-corrected chi connectivity index (χ3v) is 12.4. The normalized spacial score (nSPS) is 11.4. The Bertz CT molecular complexity index is 3640. The zero-order valence-corrected chi connectivity index (χ0v) is 40.5. The molecule has 0 spiro atoms. The SMILES string of the molecule is CC(C)c1cc(-c2ccccc2)cc(C(C)C)c1-n1c(-c2[c-]ccc3c2oc2cc(-c4ccccc4)ccc23)nc2ccccc21.[Ir].[c-]1ccc(-c2nc3ccccc3o2)cc1-c1ccccn1. The number of para-hydroxylation sites is 4. The Morgan fingerprint density at radius 3 is 1.87 bits per heavy atom. The molecule has 0 aliphatic rings. The monoisotopic (exact) mass is 1060 g/mol. The number of aromatic nitrogens is 4. The molecule has 0 saturated heterocycles. The minimum absolute atomic E-state index is 0. The van der Waals surface area contributed by atoms with E-state index in [4.69, 9.17) is 13.8 Å². The molecule has 0 aliphatic heterocycles. The second-order valence-corrected chi connectivity index (χ2v) is 17.4. The number of rotatable bonds is 8.